The first kappa shape index (κ1) is 13.8. The van der Waals surface area contributed by atoms with E-state index in [1.165, 1.54) is 12.1 Å². The van der Waals surface area contributed by atoms with Crippen LogP contribution in [-0.2, 0) is 24.3 Å². The molecule has 0 unspecified atom stereocenters. The highest BCUT2D eigenvalue weighted by atomic mass is 19.1. The lowest BCUT2D eigenvalue weighted by Crippen LogP contribution is -2.34. The topological polar surface area (TPSA) is 46.3 Å². The first-order chi connectivity index (χ1) is 10.2. The zero-order valence-electron chi connectivity index (χ0n) is 11.7. The monoisotopic (exact) mass is 284 g/mol. The highest BCUT2D eigenvalue weighted by molar-refractivity contribution is 5.96. The Bertz CT molecular complexity index is 667. The molecule has 0 saturated heterocycles. The lowest BCUT2D eigenvalue weighted by atomic mass is 10.00. The molecule has 0 fully saturated rings. The van der Waals surface area contributed by atoms with Crippen LogP contribution in [0.2, 0.25) is 0 Å². The summed E-state index contributed by atoms with van der Waals surface area (Å²) in [4.78, 5) is 13.8. The Kier molecular flexibility index (Phi) is 3.71. The van der Waals surface area contributed by atoms with Crippen LogP contribution < -0.4 is 10.6 Å². The van der Waals surface area contributed by atoms with Crippen LogP contribution in [0.3, 0.4) is 0 Å². The fourth-order valence-electron chi connectivity index (χ4n) is 2.65. The Morgan fingerprint density at radius 2 is 1.76 bits per heavy atom. The molecule has 1 heterocycles. The maximum Gasteiger partial charge on any atom is 0.227 e. The Labute approximate surface area is 123 Å². The molecule has 2 N–H and O–H groups in total. The Balaban J connectivity index is 1.90. The molecule has 0 aliphatic carbocycles. The third-order valence-electron chi connectivity index (χ3n) is 3.85. The lowest BCUT2D eigenvalue weighted by molar-refractivity contribution is -0.119. The molecule has 2 aromatic rings. The van der Waals surface area contributed by atoms with E-state index in [4.69, 9.17) is 5.73 Å². The maximum absolute atomic E-state index is 13.5. The van der Waals surface area contributed by atoms with Crippen molar-refractivity contribution < 1.29 is 9.18 Å². The molecule has 3 rings (SSSR count). The van der Waals surface area contributed by atoms with Gasteiger partial charge in [0.1, 0.15) is 5.82 Å². The second kappa shape index (κ2) is 5.66. The summed E-state index contributed by atoms with van der Waals surface area (Å²) in [6, 6.07) is 12.5. The van der Waals surface area contributed by atoms with Crippen LogP contribution in [0.25, 0.3) is 0 Å². The van der Waals surface area contributed by atoms with Gasteiger partial charge in [0.15, 0.2) is 0 Å². The van der Waals surface area contributed by atoms with E-state index in [1.54, 1.807) is 11.0 Å². The molecule has 0 spiro atoms. The minimum Gasteiger partial charge on any atom is -0.326 e. The highest BCUT2D eigenvalue weighted by Crippen LogP contribution is 2.30. The fraction of sp³-hybridized carbons (Fsp3) is 0.235. The molecule has 0 aromatic heterocycles. The number of fused-ring (bicyclic) bond motifs is 1. The van der Waals surface area contributed by atoms with E-state index in [2.05, 4.69) is 0 Å². The van der Waals surface area contributed by atoms with Crippen molar-refractivity contribution in [2.75, 3.05) is 4.90 Å². The van der Waals surface area contributed by atoms with Crippen molar-refractivity contribution in [3.63, 3.8) is 0 Å². The summed E-state index contributed by atoms with van der Waals surface area (Å²) in [5, 5.41) is 0. The standard InChI is InChI=1S/C17H17FN2O/c18-15-7-5-14-6-8-17(21)20(16(14)9-15)11-13-3-1-12(10-19)2-4-13/h1-5,7,9H,6,8,10-11,19H2. The van der Waals surface area contributed by atoms with E-state index in [0.29, 0.717) is 31.6 Å². The number of nitrogens with two attached hydrogens (primary N) is 1. The number of carbonyl (C=O) groups excluding carboxylic acids is 1. The molecule has 1 amide bonds. The largest absolute Gasteiger partial charge is 0.326 e. The van der Waals surface area contributed by atoms with Crippen LogP contribution in [0, 0.1) is 5.82 Å². The van der Waals surface area contributed by atoms with Crippen molar-refractivity contribution in [1.29, 1.82) is 0 Å². The van der Waals surface area contributed by atoms with Gasteiger partial charge in [-0.25, -0.2) is 4.39 Å². The third-order valence-corrected chi connectivity index (χ3v) is 3.85. The van der Waals surface area contributed by atoms with Crippen molar-refractivity contribution >= 4 is 11.6 Å². The fourth-order valence-corrected chi connectivity index (χ4v) is 2.65. The van der Waals surface area contributed by atoms with Crippen LogP contribution in [0.15, 0.2) is 42.5 Å². The van der Waals surface area contributed by atoms with Crippen LogP contribution in [-0.4, -0.2) is 5.91 Å². The summed E-state index contributed by atoms with van der Waals surface area (Å²) in [5.74, 6) is -0.275. The van der Waals surface area contributed by atoms with Gasteiger partial charge in [0.2, 0.25) is 5.91 Å². The molecule has 2 aromatic carbocycles. The van der Waals surface area contributed by atoms with Crippen LogP contribution in [0.4, 0.5) is 10.1 Å². The van der Waals surface area contributed by atoms with Gasteiger partial charge in [-0.05, 0) is 35.2 Å². The van der Waals surface area contributed by atoms with Crippen molar-refractivity contribution in [3.8, 4) is 0 Å². The minimum absolute atomic E-state index is 0.0380. The Morgan fingerprint density at radius 3 is 2.48 bits per heavy atom. The molecule has 1 aliphatic rings. The van der Waals surface area contributed by atoms with Crippen molar-refractivity contribution in [1.82, 2.24) is 0 Å². The van der Waals surface area contributed by atoms with Crippen molar-refractivity contribution in [3.05, 3.63) is 65.0 Å². The molecule has 4 heteroatoms. The predicted octanol–water partition coefficient (Wildman–Crippen LogP) is 2.76. The second-order valence-electron chi connectivity index (χ2n) is 5.27. The van der Waals surface area contributed by atoms with E-state index in [1.807, 2.05) is 24.3 Å². The van der Waals surface area contributed by atoms with E-state index < -0.39 is 0 Å². The van der Waals surface area contributed by atoms with Crippen molar-refractivity contribution in [2.45, 2.75) is 25.9 Å². The van der Waals surface area contributed by atoms with Crippen molar-refractivity contribution in [2.24, 2.45) is 5.73 Å². The number of hydrogen-bond acceptors (Lipinski definition) is 2. The summed E-state index contributed by atoms with van der Waals surface area (Å²) < 4.78 is 13.5. The first-order valence-corrected chi connectivity index (χ1v) is 7.04. The number of anilines is 1. The number of rotatable bonds is 3. The smallest absolute Gasteiger partial charge is 0.227 e. The number of amides is 1. The number of aryl methyl sites for hydroxylation is 1. The molecular weight excluding hydrogens is 267 g/mol. The van der Waals surface area contributed by atoms with E-state index in [0.717, 1.165) is 16.7 Å². The van der Waals surface area contributed by atoms with Crippen LogP contribution in [0.5, 0.6) is 0 Å². The molecule has 1 aliphatic heterocycles. The van der Waals surface area contributed by atoms with Gasteiger partial charge >= 0.3 is 0 Å². The zero-order valence-corrected chi connectivity index (χ0v) is 11.7. The number of hydrogen-bond donors (Lipinski definition) is 1. The minimum atomic E-state index is -0.313. The maximum atomic E-state index is 13.5. The zero-order chi connectivity index (χ0) is 14.8. The summed E-state index contributed by atoms with van der Waals surface area (Å²) >= 11 is 0. The second-order valence-corrected chi connectivity index (χ2v) is 5.27. The third kappa shape index (κ3) is 2.81. The van der Waals surface area contributed by atoms with E-state index in [9.17, 15) is 9.18 Å². The summed E-state index contributed by atoms with van der Waals surface area (Å²) in [6.07, 6.45) is 1.15. The van der Waals surface area contributed by atoms with Gasteiger partial charge in [-0.3, -0.25) is 4.79 Å². The molecule has 0 atom stereocenters. The first-order valence-electron chi connectivity index (χ1n) is 7.04. The average molecular weight is 284 g/mol. The van der Waals surface area contributed by atoms with E-state index >= 15 is 0 Å². The molecule has 3 nitrogen and oxygen atoms in total. The van der Waals surface area contributed by atoms with Gasteiger partial charge in [-0.2, -0.15) is 0 Å². The number of carbonyl (C=O) groups is 1. The number of benzene rings is 2. The molecular formula is C17H17FN2O. The number of nitrogens with zero attached hydrogens (tertiary/aromatic N) is 1. The normalized spacial score (nSPS) is 14.2. The Hall–Kier alpha value is -2.20. The van der Waals surface area contributed by atoms with Gasteiger partial charge in [0.25, 0.3) is 0 Å². The quantitative estimate of drug-likeness (QED) is 0.942. The highest BCUT2D eigenvalue weighted by Gasteiger charge is 2.24. The van der Waals surface area contributed by atoms with Gasteiger partial charge in [-0.1, -0.05) is 30.3 Å². The van der Waals surface area contributed by atoms with Gasteiger partial charge in [0.05, 0.1) is 12.2 Å². The molecule has 0 radical (unpaired) electrons. The van der Waals surface area contributed by atoms with Crippen LogP contribution in [0.1, 0.15) is 23.1 Å². The molecule has 0 saturated carbocycles. The van der Waals surface area contributed by atoms with Gasteiger partial charge in [-0.15, -0.1) is 0 Å². The van der Waals surface area contributed by atoms with Crippen LogP contribution >= 0.6 is 0 Å². The summed E-state index contributed by atoms with van der Waals surface area (Å²) in [6.45, 7) is 0.955. The van der Waals surface area contributed by atoms with Gasteiger partial charge < -0.3 is 10.6 Å². The molecule has 108 valence electrons. The Morgan fingerprint density at radius 1 is 1.05 bits per heavy atom. The summed E-state index contributed by atoms with van der Waals surface area (Å²) in [5.41, 5.74) is 9.35. The SMILES string of the molecule is NCc1ccc(CN2C(=O)CCc3ccc(F)cc32)cc1. The number of halogens is 1. The lowest BCUT2D eigenvalue weighted by Gasteiger charge is -2.29. The average Bonchev–Trinajstić information content (AvgIpc) is 2.51. The summed E-state index contributed by atoms with van der Waals surface area (Å²) in [7, 11) is 0. The molecule has 21 heavy (non-hydrogen) atoms. The van der Waals surface area contributed by atoms with E-state index in [-0.39, 0.29) is 11.7 Å². The van der Waals surface area contributed by atoms with Gasteiger partial charge in [0, 0.05) is 13.0 Å². The molecule has 0 bridgehead atoms. The predicted molar refractivity (Wildman–Crippen MR) is 80.2 cm³/mol.